The monoisotopic (exact) mass is 554 g/mol. The summed E-state index contributed by atoms with van der Waals surface area (Å²) in [7, 11) is -2.93. The molecule has 4 rings (SSSR count). The van der Waals surface area contributed by atoms with Crippen LogP contribution < -0.4 is 9.47 Å². The molecule has 0 spiro atoms. The van der Waals surface area contributed by atoms with Gasteiger partial charge in [-0.25, -0.2) is 12.8 Å². The summed E-state index contributed by atoms with van der Waals surface area (Å²) in [4.78, 5) is 11.5. The Kier molecular flexibility index (Phi) is 9.28. The molecule has 3 aromatic carbocycles. The minimum absolute atomic E-state index is 0.0879. The first-order valence-corrected chi connectivity index (χ1v) is 15.1. The van der Waals surface area contributed by atoms with Crippen molar-refractivity contribution in [3.8, 4) is 22.6 Å². The van der Waals surface area contributed by atoms with Gasteiger partial charge in [0.25, 0.3) is 0 Å². The van der Waals surface area contributed by atoms with Gasteiger partial charge in [0.1, 0.15) is 30.0 Å². The number of aryl methyl sites for hydroxylation is 3. The van der Waals surface area contributed by atoms with Crippen LogP contribution >= 0.6 is 0 Å². The molecule has 1 aliphatic rings. The van der Waals surface area contributed by atoms with Gasteiger partial charge in [-0.2, -0.15) is 0 Å². The third kappa shape index (κ3) is 7.82. The van der Waals surface area contributed by atoms with Gasteiger partial charge in [0.15, 0.2) is 9.84 Å². The summed E-state index contributed by atoms with van der Waals surface area (Å²) in [5.41, 5.74) is 5.67. The first-order chi connectivity index (χ1) is 18.6. The minimum atomic E-state index is -2.93. The molecule has 8 heteroatoms. The Hall–Kier alpha value is -3.39. The molecule has 39 heavy (non-hydrogen) atoms. The number of carbonyl (C=O) groups is 1. The molecule has 3 aromatic rings. The molecule has 0 unspecified atom stereocenters. The normalized spacial score (nSPS) is 15.1. The lowest BCUT2D eigenvalue weighted by Gasteiger charge is -2.24. The topological polar surface area (TPSA) is 78.9 Å². The Balaban J connectivity index is 1.40. The van der Waals surface area contributed by atoms with E-state index in [4.69, 9.17) is 14.2 Å². The van der Waals surface area contributed by atoms with Gasteiger partial charge in [0.05, 0.1) is 18.1 Å². The van der Waals surface area contributed by atoms with Crippen molar-refractivity contribution in [2.75, 3.05) is 18.1 Å². The van der Waals surface area contributed by atoms with Crippen molar-refractivity contribution < 1.29 is 31.8 Å². The van der Waals surface area contributed by atoms with Crippen molar-refractivity contribution >= 4 is 15.8 Å². The Labute approximate surface area is 230 Å². The van der Waals surface area contributed by atoms with Crippen molar-refractivity contribution in [1.29, 1.82) is 0 Å². The van der Waals surface area contributed by atoms with Crippen LogP contribution in [0.2, 0.25) is 0 Å². The van der Waals surface area contributed by atoms with Crippen LogP contribution in [0, 0.1) is 19.7 Å². The SMILES string of the molecule is CCOC(=O)CCc1ccc(OCc2cccc(-c3c(C)cc(OC4CCS(=O)(=O)CC4)cc3C)c2)cc1F. The van der Waals surface area contributed by atoms with E-state index < -0.39 is 15.7 Å². The molecule has 0 bridgehead atoms. The van der Waals surface area contributed by atoms with E-state index in [-0.39, 0.29) is 43.0 Å². The van der Waals surface area contributed by atoms with Crippen molar-refractivity contribution in [1.82, 2.24) is 0 Å². The molecule has 1 aliphatic heterocycles. The molecule has 1 saturated heterocycles. The van der Waals surface area contributed by atoms with E-state index in [1.54, 1.807) is 19.1 Å². The quantitative estimate of drug-likeness (QED) is 0.280. The van der Waals surface area contributed by atoms with Gasteiger partial charge in [-0.05, 0) is 97.7 Å². The standard InChI is InChI=1S/C31H35FO6S/c1-4-36-30(33)11-9-24-8-10-27(19-29(24)32)37-20-23-6-5-7-25(18-23)31-21(2)16-28(17-22(31)3)38-26-12-14-39(34,35)15-13-26/h5-8,10,16-19,26H,4,9,11-15,20H2,1-3H3. The lowest BCUT2D eigenvalue weighted by Crippen LogP contribution is -2.30. The second kappa shape index (κ2) is 12.6. The first kappa shape index (κ1) is 28.6. The number of halogens is 1. The molecule has 0 radical (unpaired) electrons. The van der Waals surface area contributed by atoms with Crippen LogP contribution in [0.25, 0.3) is 11.1 Å². The molecule has 0 aliphatic carbocycles. The molecular formula is C31H35FO6S. The Morgan fingerprint density at radius 1 is 0.974 bits per heavy atom. The molecule has 0 aromatic heterocycles. The van der Waals surface area contributed by atoms with Crippen molar-refractivity contribution in [3.05, 3.63) is 82.7 Å². The third-order valence-corrected chi connectivity index (χ3v) is 8.58. The molecule has 6 nitrogen and oxygen atoms in total. The molecule has 0 amide bonds. The Morgan fingerprint density at radius 2 is 1.69 bits per heavy atom. The van der Waals surface area contributed by atoms with E-state index in [0.29, 0.717) is 30.8 Å². The number of ether oxygens (including phenoxy) is 3. The van der Waals surface area contributed by atoms with Gasteiger partial charge < -0.3 is 14.2 Å². The largest absolute Gasteiger partial charge is 0.490 e. The lowest BCUT2D eigenvalue weighted by atomic mass is 9.94. The van der Waals surface area contributed by atoms with Crippen LogP contribution in [0.4, 0.5) is 4.39 Å². The van der Waals surface area contributed by atoms with Gasteiger partial charge >= 0.3 is 5.97 Å². The van der Waals surface area contributed by atoms with E-state index in [0.717, 1.165) is 33.6 Å². The van der Waals surface area contributed by atoms with Crippen molar-refractivity contribution in [3.63, 3.8) is 0 Å². The third-order valence-electron chi connectivity index (χ3n) is 6.86. The van der Waals surface area contributed by atoms with Crippen LogP contribution in [0.15, 0.2) is 54.6 Å². The van der Waals surface area contributed by atoms with Gasteiger partial charge in [0.2, 0.25) is 0 Å². The smallest absolute Gasteiger partial charge is 0.306 e. The maximum atomic E-state index is 14.5. The summed E-state index contributed by atoms with van der Waals surface area (Å²) in [5.74, 6) is 0.775. The molecule has 0 saturated carbocycles. The zero-order valence-electron chi connectivity index (χ0n) is 22.7. The summed E-state index contributed by atoms with van der Waals surface area (Å²) >= 11 is 0. The van der Waals surface area contributed by atoms with E-state index in [1.165, 1.54) is 6.07 Å². The van der Waals surface area contributed by atoms with E-state index >= 15 is 0 Å². The summed E-state index contributed by atoms with van der Waals surface area (Å²) in [5, 5.41) is 0. The average Bonchev–Trinajstić information content (AvgIpc) is 2.88. The van der Waals surface area contributed by atoms with Crippen LogP contribution in [0.1, 0.15) is 48.4 Å². The number of hydrogen-bond acceptors (Lipinski definition) is 6. The maximum Gasteiger partial charge on any atom is 0.306 e. The van der Waals surface area contributed by atoms with Crippen molar-refractivity contribution in [2.45, 2.75) is 59.2 Å². The molecular weight excluding hydrogens is 519 g/mol. The zero-order valence-corrected chi connectivity index (χ0v) is 23.5. The number of sulfone groups is 1. The summed E-state index contributed by atoms with van der Waals surface area (Å²) in [6, 6.07) is 16.7. The van der Waals surface area contributed by atoms with Crippen LogP contribution in [0.3, 0.4) is 0 Å². The maximum absolute atomic E-state index is 14.5. The highest BCUT2D eigenvalue weighted by Gasteiger charge is 2.25. The van der Waals surface area contributed by atoms with Gasteiger partial charge in [0, 0.05) is 12.5 Å². The lowest BCUT2D eigenvalue weighted by molar-refractivity contribution is -0.143. The number of carbonyl (C=O) groups excluding carboxylic acids is 1. The van der Waals surface area contributed by atoms with Gasteiger partial charge in [-0.3, -0.25) is 4.79 Å². The zero-order chi connectivity index (χ0) is 28.0. The summed E-state index contributed by atoms with van der Waals surface area (Å²) < 4.78 is 54.9. The van der Waals surface area contributed by atoms with Crippen LogP contribution in [-0.4, -0.2) is 38.6 Å². The predicted molar refractivity (Wildman–Crippen MR) is 149 cm³/mol. The molecule has 1 heterocycles. The minimum Gasteiger partial charge on any atom is -0.490 e. The predicted octanol–water partition coefficient (Wildman–Crippen LogP) is 6.14. The average molecular weight is 555 g/mol. The fraction of sp³-hybridized carbons (Fsp3) is 0.387. The molecule has 0 N–H and O–H groups in total. The van der Waals surface area contributed by atoms with E-state index in [1.807, 2.05) is 44.2 Å². The highest BCUT2D eigenvalue weighted by atomic mass is 32.2. The highest BCUT2D eigenvalue weighted by molar-refractivity contribution is 7.91. The number of hydrogen-bond donors (Lipinski definition) is 0. The second-order valence-corrected chi connectivity index (χ2v) is 12.3. The summed E-state index contributed by atoms with van der Waals surface area (Å²) in [6.07, 6.45) is 1.36. The van der Waals surface area contributed by atoms with Crippen molar-refractivity contribution in [2.24, 2.45) is 0 Å². The Bertz CT molecular complexity index is 1400. The van der Waals surface area contributed by atoms with Gasteiger partial charge in [-0.15, -0.1) is 0 Å². The highest BCUT2D eigenvalue weighted by Crippen LogP contribution is 2.33. The number of esters is 1. The van der Waals surface area contributed by atoms with Crippen LogP contribution in [0.5, 0.6) is 11.5 Å². The summed E-state index contributed by atoms with van der Waals surface area (Å²) in [6.45, 7) is 6.40. The fourth-order valence-electron chi connectivity index (χ4n) is 4.90. The Morgan fingerprint density at radius 3 is 2.36 bits per heavy atom. The first-order valence-electron chi connectivity index (χ1n) is 13.3. The number of benzene rings is 3. The second-order valence-electron chi connectivity index (χ2n) is 9.95. The van der Waals surface area contributed by atoms with E-state index in [2.05, 4.69) is 6.07 Å². The molecule has 208 valence electrons. The fourth-order valence-corrected chi connectivity index (χ4v) is 6.35. The van der Waals surface area contributed by atoms with E-state index in [9.17, 15) is 17.6 Å². The van der Waals surface area contributed by atoms with Gasteiger partial charge in [-0.1, -0.05) is 24.3 Å². The number of rotatable bonds is 10. The van der Waals surface area contributed by atoms with Crippen LogP contribution in [-0.2, 0) is 32.4 Å². The molecule has 0 atom stereocenters. The molecule has 1 fully saturated rings.